The fourth-order valence-corrected chi connectivity index (χ4v) is 2.98. The molecular weight excluding hydrogens is 224 g/mol. The van der Waals surface area contributed by atoms with Crippen LogP contribution in [0.5, 0.6) is 0 Å². The van der Waals surface area contributed by atoms with Gasteiger partial charge in [0.2, 0.25) is 0 Å². The Morgan fingerprint density at radius 1 is 1.69 bits per heavy atom. The molecule has 0 spiro atoms. The Labute approximate surface area is 98.9 Å². The molecule has 88 valence electrons. The summed E-state index contributed by atoms with van der Waals surface area (Å²) in [5.41, 5.74) is 1.09. The molecule has 0 radical (unpaired) electrons. The van der Waals surface area contributed by atoms with Gasteiger partial charge in [-0.3, -0.25) is 4.79 Å². The van der Waals surface area contributed by atoms with Crippen LogP contribution in [0.3, 0.4) is 0 Å². The van der Waals surface area contributed by atoms with Crippen molar-refractivity contribution >= 4 is 22.4 Å². The summed E-state index contributed by atoms with van der Waals surface area (Å²) in [4.78, 5) is 17.6. The first-order valence-electron chi connectivity index (χ1n) is 5.54. The topological polar surface area (TPSA) is 53.4 Å². The molecule has 2 heterocycles. The lowest BCUT2D eigenvalue weighted by molar-refractivity contribution is -0.142. The van der Waals surface area contributed by atoms with Crippen molar-refractivity contribution in [1.82, 2.24) is 4.98 Å². The van der Waals surface area contributed by atoms with E-state index < -0.39 is 5.97 Å². The molecule has 0 unspecified atom stereocenters. The molecular formula is C11H16N2O2S. The summed E-state index contributed by atoms with van der Waals surface area (Å²) in [6.07, 6.45) is 0.933. The van der Waals surface area contributed by atoms with Gasteiger partial charge in [-0.1, -0.05) is 13.8 Å². The first kappa shape index (κ1) is 11.4. The van der Waals surface area contributed by atoms with Crippen molar-refractivity contribution in [2.24, 2.45) is 11.8 Å². The molecule has 0 amide bonds. The predicted octanol–water partition coefficient (Wildman–Crippen LogP) is 1.86. The van der Waals surface area contributed by atoms with Gasteiger partial charge in [0.25, 0.3) is 0 Å². The van der Waals surface area contributed by atoms with Crippen LogP contribution in [0.25, 0.3) is 0 Å². The third-order valence-corrected chi connectivity index (χ3v) is 4.05. The van der Waals surface area contributed by atoms with Crippen molar-refractivity contribution in [1.29, 1.82) is 0 Å². The zero-order valence-corrected chi connectivity index (χ0v) is 10.3. The highest BCUT2D eigenvalue weighted by atomic mass is 32.1. The van der Waals surface area contributed by atoms with E-state index in [0.717, 1.165) is 23.8 Å². The molecule has 0 saturated carbocycles. The predicted molar refractivity (Wildman–Crippen MR) is 64.0 cm³/mol. The number of aromatic nitrogens is 1. The molecule has 0 bridgehead atoms. The molecule has 0 aliphatic carbocycles. The lowest BCUT2D eigenvalue weighted by atomic mass is 9.99. The highest BCUT2D eigenvalue weighted by Gasteiger charge is 2.35. The summed E-state index contributed by atoms with van der Waals surface area (Å²) in [5, 5.41) is 12.1. The average Bonchev–Trinajstić information content (AvgIpc) is 2.83. The van der Waals surface area contributed by atoms with E-state index in [1.165, 1.54) is 0 Å². The van der Waals surface area contributed by atoms with Gasteiger partial charge >= 0.3 is 5.97 Å². The van der Waals surface area contributed by atoms with E-state index in [9.17, 15) is 4.79 Å². The average molecular weight is 240 g/mol. The maximum absolute atomic E-state index is 11.0. The molecule has 2 atom stereocenters. The second-order valence-electron chi connectivity index (χ2n) is 4.30. The number of aryl methyl sites for hydroxylation is 1. The quantitative estimate of drug-likeness (QED) is 0.876. The molecule has 1 aromatic heterocycles. The smallest absolute Gasteiger partial charge is 0.308 e. The molecule has 2 rings (SSSR count). The minimum absolute atomic E-state index is 0.200. The van der Waals surface area contributed by atoms with Gasteiger partial charge in [-0.2, -0.15) is 0 Å². The van der Waals surface area contributed by atoms with Gasteiger partial charge < -0.3 is 10.0 Å². The van der Waals surface area contributed by atoms with Gasteiger partial charge in [0, 0.05) is 18.5 Å². The van der Waals surface area contributed by atoms with Crippen molar-refractivity contribution < 1.29 is 9.90 Å². The normalized spacial score (nSPS) is 25.0. The third kappa shape index (κ3) is 2.04. The summed E-state index contributed by atoms with van der Waals surface area (Å²) in [6, 6.07) is 0. The Balaban J connectivity index is 2.10. The van der Waals surface area contributed by atoms with E-state index in [1.807, 2.05) is 12.3 Å². The SMILES string of the molecule is CCc1csc(N2C[C@@H](C)[C@H](C(=O)O)C2)n1. The van der Waals surface area contributed by atoms with Crippen molar-refractivity contribution in [3.05, 3.63) is 11.1 Å². The Bertz CT molecular complexity index is 391. The lowest BCUT2D eigenvalue weighted by Gasteiger charge is -2.13. The second kappa shape index (κ2) is 4.41. The molecule has 1 N–H and O–H groups in total. The zero-order chi connectivity index (χ0) is 11.7. The minimum atomic E-state index is -0.692. The first-order valence-corrected chi connectivity index (χ1v) is 6.42. The fraction of sp³-hybridized carbons (Fsp3) is 0.636. The molecule has 1 aliphatic rings. The molecule has 4 nitrogen and oxygen atoms in total. The molecule has 5 heteroatoms. The van der Waals surface area contributed by atoms with E-state index in [-0.39, 0.29) is 11.8 Å². The lowest BCUT2D eigenvalue weighted by Crippen LogP contribution is -2.22. The van der Waals surface area contributed by atoms with Gasteiger partial charge in [-0.25, -0.2) is 4.98 Å². The summed E-state index contributed by atoms with van der Waals surface area (Å²) >= 11 is 1.61. The van der Waals surface area contributed by atoms with E-state index in [0.29, 0.717) is 6.54 Å². The van der Waals surface area contributed by atoms with Crippen molar-refractivity contribution in [2.75, 3.05) is 18.0 Å². The van der Waals surface area contributed by atoms with Crippen LogP contribution in [-0.4, -0.2) is 29.1 Å². The van der Waals surface area contributed by atoms with Crippen LogP contribution < -0.4 is 4.90 Å². The number of carboxylic acids is 1. The van der Waals surface area contributed by atoms with Gasteiger partial charge in [-0.05, 0) is 12.3 Å². The monoisotopic (exact) mass is 240 g/mol. The van der Waals surface area contributed by atoms with Crippen molar-refractivity contribution in [3.8, 4) is 0 Å². The Kier molecular flexibility index (Phi) is 3.14. The van der Waals surface area contributed by atoms with Gasteiger partial charge in [0.05, 0.1) is 11.6 Å². The number of aliphatic carboxylic acids is 1. The molecule has 1 saturated heterocycles. The highest BCUT2D eigenvalue weighted by molar-refractivity contribution is 7.13. The number of thiazole rings is 1. The van der Waals surface area contributed by atoms with Crippen LogP contribution in [0.2, 0.25) is 0 Å². The van der Waals surface area contributed by atoms with E-state index in [1.54, 1.807) is 11.3 Å². The van der Waals surface area contributed by atoms with Gasteiger partial charge in [0.1, 0.15) is 0 Å². The van der Waals surface area contributed by atoms with Gasteiger partial charge in [-0.15, -0.1) is 11.3 Å². The number of hydrogen-bond acceptors (Lipinski definition) is 4. The Hall–Kier alpha value is -1.10. The zero-order valence-electron chi connectivity index (χ0n) is 9.51. The second-order valence-corrected chi connectivity index (χ2v) is 5.14. The van der Waals surface area contributed by atoms with Crippen molar-refractivity contribution in [2.45, 2.75) is 20.3 Å². The minimum Gasteiger partial charge on any atom is -0.481 e. The Morgan fingerprint density at radius 3 is 2.94 bits per heavy atom. The maximum atomic E-state index is 11.0. The molecule has 1 aliphatic heterocycles. The number of nitrogens with zero attached hydrogens (tertiary/aromatic N) is 2. The maximum Gasteiger partial charge on any atom is 0.308 e. The highest BCUT2D eigenvalue weighted by Crippen LogP contribution is 2.30. The standard InChI is InChI=1S/C11H16N2O2S/c1-3-8-6-16-11(12-8)13-4-7(2)9(5-13)10(14)15/h6-7,9H,3-5H2,1-2H3,(H,14,15)/t7-,9-/m1/s1. The molecule has 1 aromatic rings. The van der Waals surface area contributed by atoms with Crippen LogP contribution in [0, 0.1) is 11.8 Å². The largest absolute Gasteiger partial charge is 0.481 e. The van der Waals surface area contributed by atoms with E-state index in [2.05, 4.69) is 16.8 Å². The van der Waals surface area contributed by atoms with Crippen LogP contribution >= 0.6 is 11.3 Å². The number of anilines is 1. The van der Waals surface area contributed by atoms with E-state index in [4.69, 9.17) is 5.11 Å². The van der Waals surface area contributed by atoms with E-state index >= 15 is 0 Å². The van der Waals surface area contributed by atoms with Crippen LogP contribution in [0.4, 0.5) is 5.13 Å². The number of hydrogen-bond donors (Lipinski definition) is 1. The van der Waals surface area contributed by atoms with Crippen molar-refractivity contribution in [3.63, 3.8) is 0 Å². The summed E-state index contributed by atoms with van der Waals surface area (Å²) in [6.45, 7) is 5.46. The van der Waals surface area contributed by atoms with Gasteiger partial charge in [0.15, 0.2) is 5.13 Å². The molecule has 16 heavy (non-hydrogen) atoms. The summed E-state index contributed by atoms with van der Waals surface area (Å²) in [7, 11) is 0. The van der Waals surface area contributed by atoms with Crippen LogP contribution in [0.1, 0.15) is 19.5 Å². The summed E-state index contributed by atoms with van der Waals surface area (Å²) in [5.74, 6) is -0.747. The molecule has 1 fully saturated rings. The number of carboxylic acid groups (broad SMARTS) is 1. The fourth-order valence-electron chi connectivity index (χ4n) is 2.05. The molecule has 0 aromatic carbocycles. The first-order chi connectivity index (χ1) is 7.61. The summed E-state index contributed by atoms with van der Waals surface area (Å²) < 4.78 is 0. The number of carbonyl (C=O) groups is 1. The Morgan fingerprint density at radius 2 is 2.44 bits per heavy atom. The van der Waals surface area contributed by atoms with Crippen LogP contribution in [-0.2, 0) is 11.2 Å². The van der Waals surface area contributed by atoms with Crippen LogP contribution in [0.15, 0.2) is 5.38 Å². The third-order valence-electron chi connectivity index (χ3n) is 3.10. The number of rotatable bonds is 3.